The summed E-state index contributed by atoms with van der Waals surface area (Å²) in [4.78, 5) is 26.0. The number of para-hydroxylation sites is 1. The smallest absolute Gasteiger partial charge is 0.246 e. The van der Waals surface area contributed by atoms with Gasteiger partial charge >= 0.3 is 0 Å². The fourth-order valence-corrected chi connectivity index (χ4v) is 3.18. The van der Waals surface area contributed by atoms with Crippen molar-refractivity contribution in [2.75, 3.05) is 7.11 Å². The van der Waals surface area contributed by atoms with Crippen molar-refractivity contribution in [3.8, 4) is 11.8 Å². The van der Waals surface area contributed by atoms with Crippen LogP contribution in [0.4, 0.5) is 0 Å². The normalized spacial score (nSPS) is 12.7. The number of rotatable bonds is 6. The van der Waals surface area contributed by atoms with Gasteiger partial charge in [0, 0.05) is 36.4 Å². The van der Waals surface area contributed by atoms with Crippen LogP contribution in [0.1, 0.15) is 40.6 Å². The Morgan fingerprint density at radius 1 is 1.24 bits per heavy atom. The molecule has 148 valence electrons. The van der Waals surface area contributed by atoms with E-state index in [1.54, 1.807) is 39.4 Å². The van der Waals surface area contributed by atoms with Crippen LogP contribution in [-0.2, 0) is 11.8 Å². The van der Waals surface area contributed by atoms with Gasteiger partial charge in [-0.25, -0.2) is 15.0 Å². The van der Waals surface area contributed by atoms with Crippen LogP contribution in [0, 0.1) is 25.2 Å². The maximum Gasteiger partial charge on any atom is 0.246 e. The van der Waals surface area contributed by atoms with E-state index in [1.807, 2.05) is 41.9 Å². The average Bonchev–Trinajstić information content (AvgIpc) is 3.11. The molecule has 2 unspecified atom stereocenters. The maximum absolute atomic E-state index is 13.1. The van der Waals surface area contributed by atoms with Gasteiger partial charge in [0.25, 0.3) is 0 Å². The number of methoxy groups -OCH3 is 1. The maximum atomic E-state index is 13.1. The molecule has 2 atom stereocenters. The molecule has 29 heavy (non-hydrogen) atoms. The largest absolute Gasteiger partial charge is 0.496 e. The van der Waals surface area contributed by atoms with E-state index in [9.17, 15) is 10.1 Å². The minimum absolute atomic E-state index is 0.182. The van der Waals surface area contributed by atoms with Gasteiger partial charge in [-0.1, -0.05) is 18.2 Å². The molecule has 8 nitrogen and oxygen atoms in total. The monoisotopic (exact) mass is 390 g/mol. The Kier molecular flexibility index (Phi) is 5.88. The van der Waals surface area contributed by atoms with Gasteiger partial charge in [0.15, 0.2) is 11.7 Å². The lowest BCUT2D eigenvalue weighted by Crippen LogP contribution is -2.35. The van der Waals surface area contributed by atoms with E-state index in [1.165, 1.54) is 0 Å². The second-order valence-corrected chi connectivity index (χ2v) is 6.65. The third kappa shape index (κ3) is 4.24. The summed E-state index contributed by atoms with van der Waals surface area (Å²) in [6, 6.07) is 10.6. The molecule has 2 aromatic heterocycles. The molecule has 2 heterocycles. The van der Waals surface area contributed by atoms with E-state index < -0.39 is 17.9 Å². The highest BCUT2D eigenvalue weighted by Crippen LogP contribution is 2.29. The minimum Gasteiger partial charge on any atom is -0.496 e. The Hall–Kier alpha value is -3.73. The molecular formula is C21H22N6O2. The SMILES string of the molecule is COc1ccccc1C(NC(=O)C(C#N)c1nc(C)cc(C)n1)c1nccn1C. The summed E-state index contributed by atoms with van der Waals surface area (Å²) in [6.07, 6.45) is 3.44. The Labute approximate surface area is 169 Å². The first-order valence-electron chi connectivity index (χ1n) is 9.07. The molecule has 0 fully saturated rings. The lowest BCUT2D eigenvalue weighted by Gasteiger charge is -2.22. The number of hydrogen-bond acceptors (Lipinski definition) is 6. The van der Waals surface area contributed by atoms with Crippen molar-refractivity contribution in [1.82, 2.24) is 24.8 Å². The number of nitrogens with zero attached hydrogens (tertiary/aromatic N) is 5. The Morgan fingerprint density at radius 3 is 2.52 bits per heavy atom. The van der Waals surface area contributed by atoms with Crippen molar-refractivity contribution in [2.45, 2.75) is 25.8 Å². The summed E-state index contributed by atoms with van der Waals surface area (Å²) < 4.78 is 7.28. The lowest BCUT2D eigenvalue weighted by atomic mass is 10.0. The molecule has 0 aliphatic carbocycles. The van der Waals surface area contributed by atoms with Crippen molar-refractivity contribution in [2.24, 2.45) is 7.05 Å². The van der Waals surface area contributed by atoms with Gasteiger partial charge in [0.1, 0.15) is 17.6 Å². The van der Waals surface area contributed by atoms with Crippen LogP contribution >= 0.6 is 0 Å². The first kappa shape index (κ1) is 20.0. The number of amides is 1. The number of aryl methyl sites for hydroxylation is 3. The van der Waals surface area contributed by atoms with Crippen LogP contribution in [0.25, 0.3) is 0 Å². The number of imidazole rings is 1. The van der Waals surface area contributed by atoms with Crippen molar-refractivity contribution in [3.05, 3.63) is 71.3 Å². The molecule has 0 spiro atoms. The average molecular weight is 390 g/mol. The van der Waals surface area contributed by atoms with Crippen LogP contribution in [0.5, 0.6) is 5.75 Å². The van der Waals surface area contributed by atoms with E-state index in [0.29, 0.717) is 23.0 Å². The highest BCUT2D eigenvalue weighted by atomic mass is 16.5. The standard InChI is InChI=1S/C21H22N6O2/c1-13-11-14(2)25-19(24-13)16(12-22)21(28)26-18(20-23-9-10-27(20)3)15-7-5-6-8-17(15)29-4/h5-11,16,18H,1-4H3,(H,26,28). The molecule has 0 radical (unpaired) electrons. The summed E-state index contributed by atoms with van der Waals surface area (Å²) in [6.45, 7) is 3.60. The second kappa shape index (κ2) is 8.52. The van der Waals surface area contributed by atoms with Gasteiger partial charge in [-0.2, -0.15) is 5.26 Å². The number of nitrogens with one attached hydrogen (secondary N) is 1. The van der Waals surface area contributed by atoms with Crippen LogP contribution in [0.15, 0.2) is 42.7 Å². The van der Waals surface area contributed by atoms with Gasteiger partial charge in [-0.15, -0.1) is 0 Å². The molecule has 1 amide bonds. The third-order valence-electron chi connectivity index (χ3n) is 4.50. The van der Waals surface area contributed by atoms with E-state index in [0.717, 1.165) is 5.56 Å². The van der Waals surface area contributed by atoms with Crippen molar-refractivity contribution >= 4 is 5.91 Å². The molecule has 1 N–H and O–H groups in total. The third-order valence-corrected chi connectivity index (χ3v) is 4.50. The van der Waals surface area contributed by atoms with Crippen LogP contribution in [-0.4, -0.2) is 32.5 Å². The molecule has 0 aliphatic heterocycles. The number of ether oxygens (including phenoxy) is 1. The molecule has 3 rings (SSSR count). The lowest BCUT2D eigenvalue weighted by molar-refractivity contribution is -0.122. The zero-order valence-electron chi connectivity index (χ0n) is 16.7. The molecule has 0 aliphatic rings. The second-order valence-electron chi connectivity index (χ2n) is 6.65. The fraction of sp³-hybridized carbons (Fsp3) is 0.286. The Bertz CT molecular complexity index is 1050. The first-order valence-corrected chi connectivity index (χ1v) is 9.07. The van der Waals surface area contributed by atoms with E-state index in [2.05, 4.69) is 20.3 Å². The van der Waals surface area contributed by atoms with E-state index >= 15 is 0 Å². The van der Waals surface area contributed by atoms with Crippen molar-refractivity contribution in [3.63, 3.8) is 0 Å². The van der Waals surface area contributed by atoms with E-state index in [4.69, 9.17) is 4.74 Å². The molecule has 1 aromatic carbocycles. The van der Waals surface area contributed by atoms with Crippen molar-refractivity contribution in [1.29, 1.82) is 5.26 Å². The number of hydrogen-bond donors (Lipinski definition) is 1. The van der Waals surface area contributed by atoms with Crippen LogP contribution in [0.2, 0.25) is 0 Å². The number of carbonyl (C=O) groups excluding carboxylic acids is 1. The predicted molar refractivity (Wildman–Crippen MR) is 106 cm³/mol. The fourth-order valence-electron chi connectivity index (χ4n) is 3.18. The summed E-state index contributed by atoms with van der Waals surface area (Å²) >= 11 is 0. The number of carbonyl (C=O) groups is 1. The summed E-state index contributed by atoms with van der Waals surface area (Å²) in [7, 11) is 3.41. The molecule has 3 aromatic rings. The molecule has 0 saturated carbocycles. The topological polar surface area (TPSA) is 106 Å². The zero-order valence-corrected chi connectivity index (χ0v) is 16.7. The van der Waals surface area contributed by atoms with Crippen molar-refractivity contribution < 1.29 is 9.53 Å². The molecule has 8 heteroatoms. The Morgan fingerprint density at radius 2 is 1.93 bits per heavy atom. The van der Waals surface area contributed by atoms with Crippen LogP contribution in [0.3, 0.4) is 0 Å². The first-order chi connectivity index (χ1) is 13.9. The number of nitriles is 1. The quantitative estimate of drug-likeness (QED) is 0.692. The summed E-state index contributed by atoms with van der Waals surface area (Å²) in [5.41, 5.74) is 2.13. The number of aromatic nitrogens is 4. The predicted octanol–water partition coefficient (Wildman–Crippen LogP) is 2.35. The van der Waals surface area contributed by atoms with Gasteiger partial charge < -0.3 is 14.6 Å². The molecule has 0 bridgehead atoms. The summed E-state index contributed by atoms with van der Waals surface area (Å²) in [5, 5.41) is 12.6. The van der Waals surface area contributed by atoms with Gasteiger partial charge in [0.2, 0.25) is 5.91 Å². The van der Waals surface area contributed by atoms with Gasteiger partial charge in [0.05, 0.1) is 13.2 Å². The van der Waals surface area contributed by atoms with Gasteiger partial charge in [-0.05, 0) is 26.0 Å². The van der Waals surface area contributed by atoms with E-state index in [-0.39, 0.29) is 5.82 Å². The molecule has 0 saturated heterocycles. The highest BCUT2D eigenvalue weighted by molar-refractivity contribution is 5.86. The Balaban J connectivity index is 2.00. The summed E-state index contributed by atoms with van der Waals surface area (Å²) in [5.74, 6) is -0.249. The minimum atomic E-state index is -1.15. The molecular weight excluding hydrogens is 368 g/mol. The number of benzene rings is 1. The zero-order chi connectivity index (χ0) is 21.0. The van der Waals surface area contributed by atoms with Crippen LogP contribution < -0.4 is 10.1 Å². The van der Waals surface area contributed by atoms with Gasteiger partial charge in [-0.3, -0.25) is 4.79 Å². The highest BCUT2D eigenvalue weighted by Gasteiger charge is 2.30.